The van der Waals surface area contributed by atoms with E-state index in [0.717, 1.165) is 31.2 Å². The molecule has 0 amide bonds. The zero-order valence-electron chi connectivity index (χ0n) is 13.0. The summed E-state index contributed by atoms with van der Waals surface area (Å²) in [6, 6.07) is 6.79. The second-order valence-corrected chi connectivity index (χ2v) is 8.17. The van der Waals surface area contributed by atoms with Crippen molar-refractivity contribution in [1.82, 2.24) is 8.61 Å². The lowest BCUT2D eigenvalue weighted by Gasteiger charge is -2.34. The fourth-order valence-electron chi connectivity index (χ4n) is 3.40. The summed E-state index contributed by atoms with van der Waals surface area (Å²) in [7, 11) is -3.35. The quantitative estimate of drug-likeness (QED) is 0.909. The molecule has 0 bridgehead atoms. The number of hydrogen-bond donors (Lipinski definition) is 1. The largest absolute Gasteiger partial charge is 0.478 e. The summed E-state index contributed by atoms with van der Waals surface area (Å²) in [5.41, 5.74) is 1.27. The number of carboxylic acid groups (broad SMARTS) is 1. The van der Waals surface area contributed by atoms with Gasteiger partial charge in [0.15, 0.2) is 0 Å². The Morgan fingerprint density at radius 1 is 1.00 bits per heavy atom. The first kappa shape index (κ1) is 16.4. The van der Waals surface area contributed by atoms with Crippen molar-refractivity contribution >= 4 is 16.2 Å². The van der Waals surface area contributed by atoms with E-state index in [-0.39, 0.29) is 11.5 Å². The first-order valence-electron chi connectivity index (χ1n) is 8.07. The van der Waals surface area contributed by atoms with E-state index >= 15 is 0 Å². The molecule has 1 N–H and O–H groups in total. The second-order valence-electron chi connectivity index (χ2n) is 6.24. The topological polar surface area (TPSA) is 77.9 Å². The van der Waals surface area contributed by atoms with Gasteiger partial charge in [0.2, 0.25) is 0 Å². The highest BCUT2D eigenvalue weighted by Gasteiger charge is 2.35. The smallest absolute Gasteiger partial charge is 0.335 e. The van der Waals surface area contributed by atoms with Crippen molar-refractivity contribution in [2.45, 2.75) is 31.6 Å². The molecular formula is C16H22N2O4S. The van der Waals surface area contributed by atoms with E-state index in [1.807, 2.05) is 0 Å². The number of benzene rings is 1. The Balaban J connectivity index is 1.74. The highest BCUT2D eigenvalue weighted by Crippen LogP contribution is 2.30. The van der Waals surface area contributed by atoms with Crippen LogP contribution < -0.4 is 0 Å². The maximum Gasteiger partial charge on any atom is 0.335 e. The minimum absolute atomic E-state index is 0.129. The van der Waals surface area contributed by atoms with Crippen molar-refractivity contribution in [3.63, 3.8) is 0 Å². The third-order valence-corrected chi connectivity index (χ3v) is 6.73. The molecule has 0 saturated carbocycles. The van der Waals surface area contributed by atoms with Gasteiger partial charge in [0.1, 0.15) is 0 Å². The van der Waals surface area contributed by atoms with E-state index in [0.29, 0.717) is 26.2 Å². The van der Waals surface area contributed by atoms with Gasteiger partial charge in [-0.25, -0.2) is 4.79 Å². The van der Waals surface area contributed by atoms with Crippen LogP contribution in [0.4, 0.5) is 0 Å². The van der Waals surface area contributed by atoms with Crippen molar-refractivity contribution in [2.24, 2.45) is 0 Å². The van der Waals surface area contributed by atoms with E-state index in [4.69, 9.17) is 5.11 Å². The summed E-state index contributed by atoms with van der Waals surface area (Å²) in [5.74, 6) is -0.817. The molecule has 126 valence electrons. The third-order valence-electron chi connectivity index (χ3n) is 4.73. The Bertz CT molecular complexity index is 666. The number of nitrogens with zero attached hydrogens (tertiary/aromatic N) is 2. The molecule has 7 heteroatoms. The Morgan fingerprint density at radius 3 is 2.22 bits per heavy atom. The SMILES string of the molecule is O=C(O)c1ccc([C@@H]2CCCN(S(=O)(=O)N3CCCC3)C2)cc1. The van der Waals surface area contributed by atoms with Crippen LogP contribution in [-0.4, -0.2) is 54.3 Å². The van der Waals surface area contributed by atoms with Crippen LogP contribution in [0.2, 0.25) is 0 Å². The van der Waals surface area contributed by atoms with Gasteiger partial charge >= 0.3 is 5.97 Å². The monoisotopic (exact) mass is 338 g/mol. The zero-order valence-corrected chi connectivity index (χ0v) is 13.8. The molecule has 1 atom stereocenters. The first-order chi connectivity index (χ1) is 11.0. The summed E-state index contributed by atoms with van der Waals surface area (Å²) in [5, 5.41) is 8.96. The fourth-order valence-corrected chi connectivity index (χ4v) is 5.18. The summed E-state index contributed by atoms with van der Waals surface area (Å²) in [6.07, 6.45) is 3.64. The van der Waals surface area contributed by atoms with Gasteiger partial charge in [0.25, 0.3) is 10.2 Å². The van der Waals surface area contributed by atoms with Gasteiger partial charge in [-0.05, 0) is 49.3 Å². The third kappa shape index (κ3) is 3.41. The van der Waals surface area contributed by atoms with Crippen LogP contribution >= 0.6 is 0 Å². The fraction of sp³-hybridized carbons (Fsp3) is 0.562. The predicted molar refractivity (Wildman–Crippen MR) is 86.7 cm³/mol. The minimum Gasteiger partial charge on any atom is -0.478 e. The number of rotatable bonds is 4. The van der Waals surface area contributed by atoms with Gasteiger partial charge in [-0.15, -0.1) is 0 Å². The van der Waals surface area contributed by atoms with Crippen LogP contribution in [0.1, 0.15) is 47.5 Å². The van der Waals surface area contributed by atoms with E-state index in [1.165, 1.54) is 0 Å². The van der Waals surface area contributed by atoms with E-state index in [1.54, 1.807) is 32.9 Å². The van der Waals surface area contributed by atoms with Gasteiger partial charge in [-0.3, -0.25) is 0 Å². The number of aromatic carboxylic acids is 1. The molecule has 2 heterocycles. The minimum atomic E-state index is -3.35. The molecule has 0 aliphatic carbocycles. The van der Waals surface area contributed by atoms with Crippen molar-refractivity contribution in [2.75, 3.05) is 26.2 Å². The Hall–Kier alpha value is -1.44. The molecule has 0 spiro atoms. The molecule has 0 unspecified atom stereocenters. The lowest BCUT2D eigenvalue weighted by molar-refractivity contribution is 0.0697. The van der Waals surface area contributed by atoms with Crippen molar-refractivity contribution in [3.8, 4) is 0 Å². The van der Waals surface area contributed by atoms with Crippen LogP contribution in [0.25, 0.3) is 0 Å². The lowest BCUT2D eigenvalue weighted by Crippen LogP contribution is -2.46. The Morgan fingerprint density at radius 2 is 1.61 bits per heavy atom. The maximum absolute atomic E-state index is 12.7. The summed E-state index contributed by atoms with van der Waals surface area (Å²) < 4.78 is 28.5. The average Bonchev–Trinajstić information content (AvgIpc) is 3.10. The molecule has 2 aliphatic rings. The van der Waals surface area contributed by atoms with Crippen LogP contribution in [0, 0.1) is 0 Å². The van der Waals surface area contributed by atoms with Gasteiger partial charge in [0, 0.05) is 26.2 Å². The Labute approximate surface area is 136 Å². The predicted octanol–water partition coefficient (Wildman–Crippen LogP) is 1.90. The van der Waals surface area contributed by atoms with E-state index in [9.17, 15) is 13.2 Å². The van der Waals surface area contributed by atoms with Gasteiger partial charge < -0.3 is 5.11 Å². The van der Waals surface area contributed by atoms with E-state index in [2.05, 4.69) is 0 Å². The summed E-state index contributed by atoms with van der Waals surface area (Å²) in [6.45, 7) is 2.29. The van der Waals surface area contributed by atoms with Gasteiger partial charge in [0.05, 0.1) is 5.56 Å². The number of carbonyl (C=O) groups is 1. The molecule has 23 heavy (non-hydrogen) atoms. The van der Waals surface area contributed by atoms with Crippen LogP contribution in [-0.2, 0) is 10.2 Å². The highest BCUT2D eigenvalue weighted by atomic mass is 32.2. The van der Waals surface area contributed by atoms with Crippen LogP contribution in [0.15, 0.2) is 24.3 Å². The maximum atomic E-state index is 12.7. The molecule has 0 aromatic heterocycles. The highest BCUT2D eigenvalue weighted by molar-refractivity contribution is 7.86. The molecule has 2 saturated heterocycles. The molecule has 2 fully saturated rings. The molecular weight excluding hydrogens is 316 g/mol. The van der Waals surface area contributed by atoms with Crippen LogP contribution in [0.5, 0.6) is 0 Å². The molecule has 3 rings (SSSR count). The number of piperidine rings is 1. The molecule has 1 aromatic carbocycles. The van der Waals surface area contributed by atoms with Gasteiger partial charge in [-0.1, -0.05) is 12.1 Å². The summed E-state index contributed by atoms with van der Waals surface area (Å²) in [4.78, 5) is 10.9. The Kier molecular flexibility index (Phi) is 4.70. The summed E-state index contributed by atoms with van der Waals surface area (Å²) >= 11 is 0. The normalized spacial score (nSPS) is 23.9. The molecule has 2 aliphatic heterocycles. The first-order valence-corrected chi connectivity index (χ1v) is 9.46. The zero-order chi connectivity index (χ0) is 16.4. The van der Waals surface area contributed by atoms with Crippen molar-refractivity contribution in [3.05, 3.63) is 35.4 Å². The molecule has 6 nitrogen and oxygen atoms in total. The average molecular weight is 338 g/mol. The molecule has 0 radical (unpaired) electrons. The lowest BCUT2D eigenvalue weighted by atomic mass is 9.91. The van der Waals surface area contributed by atoms with Crippen molar-refractivity contribution < 1.29 is 18.3 Å². The molecule has 1 aromatic rings. The number of carboxylic acids is 1. The van der Waals surface area contributed by atoms with E-state index < -0.39 is 16.2 Å². The standard InChI is InChI=1S/C16H22N2O4S/c19-16(20)14-7-5-13(6-8-14)15-4-3-11-18(12-15)23(21,22)17-9-1-2-10-17/h5-8,15H,1-4,9-12H2,(H,19,20)/t15-/m1/s1. The second kappa shape index (κ2) is 6.59. The van der Waals surface area contributed by atoms with Crippen molar-refractivity contribution in [1.29, 1.82) is 0 Å². The number of hydrogen-bond acceptors (Lipinski definition) is 3. The van der Waals surface area contributed by atoms with Gasteiger partial charge in [-0.2, -0.15) is 17.0 Å². The van der Waals surface area contributed by atoms with Crippen LogP contribution in [0.3, 0.4) is 0 Å².